The van der Waals surface area contributed by atoms with Gasteiger partial charge in [-0.05, 0) is 24.3 Å². The average molecular weight is 487 g/mol. The number of rotatable bonds is 5. The van der Waals surface area contributed by atoms with Gasteiger partial charge in [-0.2, -0.15) is 22.5 Å². The molecular formula is C20H18ClF3N4O3S. The summed E-state index contributed by atoms with van der Waals surface area (Å²) >= 11 is 6.05. The van der Waals surface area contributed by atoms with Crippen LogP contribution in [0.2, 0.25) is 5.02 Å². The van der Waals surface area contributed by atoms with Gasteiger partial charge in [0.05, 0.1) is 17.1 Å². The minimum atomic E-state index is -4.41. The van der Waals surface area contributed by atoms with E-state index in [1.54, 1.807) is 12.1 Å². The topological polar surface area (TPSA) is 79.5 Å². The van der Waals surface area contributed by atoms with Crippen LogP contribution in [0, 0.1) is 0 Å². The third-order valence-electron chi connectivity index (χ3n) is 5.08. The summed E-state index contributed by atoms with van der Waals surface area (Å²) in [4.78, 5) is 6.28. The van der Waals surface area contributed by atoms with Crippen LogP contribution in [0.5, 0.6) is 0 Å². The lowest BCUT2D eigenvalue weighted by Gasteiger charge is -2.33. The molecule has 0 spiro atoms. The molecule has 32 heavy (non-hydrogen) atoms. The van der Waals surface area contributed by atoms with E-state index in [4.69, 9.17) is 16.1 Å². The van der Waals surface area contributed by atoms with Crippen molar-refractivity contribution in [2.24, 2.45) is 0 Å². The quantitative estimate of drug-likeness (QED) is 0.544. The van der Waals surface area contributed by atoms with Crippen LogP contribution in [0.15, 0.2) is 57.9 Å². The molecule has 1 saturated heterocycles. The molecular weight excluding hydrogens is 469 g/mol. The maximum absolute atomic E-state index is 12.8. The van der Waals surface area contributed by atoms with E-state index in [9.17, 15) is 21.6 Å². The largest absolute Gasteiger partial charge is 0.416 e. The molecule has 7 nitrogen and oxygen atoms in total. The number of hydrogen-bond acceptors (Lipinski definition) is 6. The van der Waals surface area contributed by atoms with Crippen LogP contribution >= 0.6 is 11.6 Å². The lowest BCUT2D eigenvalue weighted by atomic mass is 10.1. The highest BCUT2D eigenvalue weighted by Crippen LogP contribution is 2.30. The molecule has 1 aliphatic rings. The van der Waals surface area contributed by atoms with Gasteiger partial charge in [-0.15, -0.1) is 0 Å². The molecule has 0 bridgehead atoms. The molecule has 0 unspecified atom stereocenters. The van der Waals surface area contributed by atoms with Crippen LogP contribution in [0.1, 0.15) is 11.5 Å². The first kappa shape index (κ1) is 22.7. The van der Waals surface area contributed by atoms with Crippen LogP contribution in [0.4, 0.5) is 13.2 Å². The van der Waals surface area contributed by atoms with Crippen LogP contribution in [0.25, 0.3) is 11.4 Å². The van der Waals surface area contributed by atoms with Crippen molar-refractivity contribution in [1.82, 2.24) is 19.3 Å². The Morgan fingerprint density at radius 3 is 2.28 bits per heavy atom. The third kappa shape index (κ3) is 4.80. The first-order chi connectivity index (χ1) is 15.1. The third-order valence-corrected chi connectivity index (χ3v) is 7.48. The number of piperazine rings is 1. The van der Waals surface area contributed by atoms with Crippen molar-refractivity contribution >= 4 is 21.6 Å². The molecule has 1 aromatic heterocycles. The molecule has 12 heteroatoms. The van der Waals surface area contributed by atoms with Gasteiger partial charge >= 0.3 is 6.18 Å². The van der Waals surface area contributed by atoms with Gasteiger partial charge in [-0.3, -0.25) is 4.90 Å². The first-order valence-corrected chi connectivity index (χ1v) is 11.4. The Morgan fingerprint density at radius 2 is 1.66 bits per heavy atom. The van der Waals surface area contributed by atoms with Gasteiger partial charge in [-0.25, -0.2) is 8.42 Å². The highest BCUT2D eigenvalue weighted by molar-refractivity contribution is 7.89. The van der Waals surface area contributed by atoms with Gasteiger partial charge in [0.25, 0.3) is 0 Å². The lowest BCUT2D eigenvalue weighted by Crippen LogP contribution is -2.48. The SMILES string of the molecule is O=S(=O)(c1ccccc1Cl)N1CCN(Cc2nc(-c3ccc(C(F)(F)F)cc3)no2)CC1. The predicted octanol–water partition coefficient (Wildman–Crippen LogP) is 3.92. The van der Waals surface area contributed by atoms with Crippen molar-refractivity contribution in [3.8, 4) is 11.4 Å². The summed E-state index contributed by atoms with van der Waals surface area (Å²) in [5.74, 6) is 0.482. The summed E-state index contributed by atoms with van der Waals surface area (Å²) in [5.41, 5.74) is -0.349. The number of hydrogen-bond donors (Lipinski definition) is 0. The zero-order valence-corrected chi connectivity index (χ0v) is 18.2. The van der Waals surface area contributed by atoms with E-state index in [1.165, 1.54) is 28.6 Å². The molecule has 3 aromatic rings. The second kappa shape index (κ2) is 8.81. The zero-order chi connectivity index (χ0) is 22.9. The van der Waals surface area contributed by atoms with Gasteiger partial charge < -0.3 is 4.52 Å². The highest BCUT2D eigenvalue weighted by atomic mass is 35.5. The first-order valence-electron chi connectivity index (χ1n) is 9.62. The van der Waals surface area contributed by atoms with Gasteiger partial charge in [0, 0.05) is 31.7 Å². The Balaban J connectivity index is 1.37. The van der Waals surface area contributed by atoms with Gasteiger partial charge in [0.2, 0.25) is 21.7 Å². The summed E-state index contributed by atoms with van der Waals surface area (Å²) in [6.45, 7) is 1.73. The summed E-state index contributed by atoms with van der Waals surface area (Å²) in [7, 11) is -3.69. The van der Waals surface area contributed by atoms with Crippen molar-refractivity contribution in [3.05, 3.63) is 65.0 Å². The molecule has 1 aliphatic heterocycles. The fourth-order valence-corrected chi connectivity index (χ4v) is 5.27. The van der Waals surface area contributed by atoms with E-state index in [2.05, 4.69) is 10.1 Å². The molecule has 0 amide bonds. The lowest BCUT2D eigenvalue weighted by molar-refractivity contribution is -0.137. The van der Waals surface area contributed by atoms with Crippen molar-refractivity contribution in [2.45, 2.75) is 17.6 Å². The molecule has 0 N–H and O–H groups in total. The van der Waals surface area contributed by atoms with E-state index < -0.39 is 21.8 Å². The predicted molar refractivity (Wildman–Crippen MR) is 110 cm³/mol. The summed E-state index contributed by atoms with van der Waals surface area (Å²) in [6, 6.07) is 10.8. The van der Waals surface area contributed by atoms with Gasteiger partial charge in [0.1, 0.15) is 4.90 Å². The van der Waals surface area contributed by atoms with Gasteiger partial charge in [-0.1, -0.05) is 41.0 Å². The number of aromatic nitrogens is 2. The number of benzene rings is 2. The summed E-state index contributed by atoms with van der Waals surface area (Å²) in [6.07, 6.45) is -4.41. The molecule has 2 aromatic carbocycles. The normalized spacial score (nSPS) is 16.4. The molecule has 0 atom stereocenters. The van der Waals surface area contributed by atoms with E-state index in [-0.39, 0.29) is 28.8 Å². The number of halogens is 4. The van der Waals surface area contributed by atoms with E-state index in [0.717, 1.165) is 12.1 Å². The Morgan fingerprint density at radius 1 is 1.00 bits per heavy atom. The van der Waals surface area contributed by atoms with Crippen LogP contribution in [-0.2, 0) is 22.7 Å². The van der Waals surface area contributed by atoms with Crippen molar-refractivity contribution < 1.29 is 26.1 Å². The monoisotopic (exact) mass is 486 g/mol. The number of sulfonamides is 1. The zero-order valence-electron chi connectivity index (χ0n) is 16.6. The number of nitrogens with zero attached hydrogens (tertiary/aromatic N) is 4. The maximum atomic E-state index is 12.8. The van der Waals surface area contributed by atoms with Crippen molar-refractivity contribution in [3.63, 3.8) is 0 Å². The smallest absolute Gasteiger partial charge is 0.338 e. The minimum Gasteiger partial charge on any atom is -0.338 e. The van der Waals surface area contributed by atoms with E-state index >= 15 is 0 Å². The molecule has 0 aliphatic carbocycles. The molecule has 0 radical (unpaired) electrons. The summed E-state index contributed by atoms with van der Waals surface area (Å²) < 4.78 is 70.4. The van der Waals surface area contributed by atoms with Crippen molar-refractivity contribution in [2.75, 3.05) is 26.2 Å². The van der Waals surface area contributed by atoms with Crippen LogP contribution in [-0.4, -0.2) is 53.9 Å². The molecule has 4 rings (SSSR count). The van der Waals surface area contributed by atoms with E-state index in [0.29, 0.717) is 31.1 Å². The average Bonchev–Trinajstić information content (AvgIpc) is 3.22. The number of alkyl halides is 3. The molecule has 1 fully saturated rings. The maximum Gasteiger partial charge on any atom is 0.416 e. The Labute approximate surface area is 187 Å². The van der Waals surface area contributed by atoms with E-state index in [1.807, 2.05) is 4.90 Å². The van der Waals surface area contributed by atoms with Crippen LogP contribution < -0.4 is 0 Å². The Hall–Kier alpha value is -2.47. The molecule has 2 heterocycles. The highest BCUT2D eigenvalue weighted by Gasteiger charge is 2.31. The minimum absolute atomic E-state index is 0.0770. The standard InChI is InChI=1S/C20H18ClF3N4O3S/c21-16-3-1-2-4-17(16)32(29,30)28-11-9-27(10-12-28)13-18-25-19(26-31-18)14-5-7-15(8-6-14)20(22,23)24/h1-8H,9-13H2. The second-order valence-electron chi connectivity index (χ2n) is 7.20. The van der Waals surface area contributed by atoms with Crippen LogP contribution in [0.3, 0.4) is 0 Å². The molecule has 170 valence electrons. The van der Waals surface area contributed by atoms with Crippen molar-refractivity contribution in [1.29, 1.82) is 0 Å². The fourth-order valence-electron chi connectivity index (χ4n) is 3.36. The fraction of sp³-hybridized carbons (Fsp3) is 0.300. The molecule has 0 saturated carbocycles. The summed E-state index contributed by atoms with van der Waals surface area (Å²) in [5, 5.41) is 4.01. The Kier molecular flexibility index (Phi) is 6.26. The van der Waals surface area contributed by atoms with Gasteiger partial charge in [0.15, 0.2) is 0 Å². The Bertz CT molecular complexity index is 1190. The second-order valence-corrected chi connectivity index (χ2v) is 9.51.